The molecule has 21 heavy (non-hydrogen) atoms. The molecule has 1 atom stereocenters. The topological polar surface area (TPSA) is 53.7 Å². The molecule has 1 aromatic carbocycles. The summed E-state index contributed by atoms with van der Waals surface area (Å²) in [6.45, 7) is 0.388. The Balaban J connectivity index is 1.73. The molecule has 110 valence electrons. The molecule has 1 heterocycles. The van der Waals surface area contributed by atoms with E-state index in [-0.39, 0.29) is 5.91 Å². The number of likely N-dealkylation sites (N-methyl/N-ethyl adjacent to an activating group) is 1. The van der Waals surface area contributed by atoms with Gasteiger partial charge in [0, 0.05) is 24.7 Å². The standard InChI is InChI=1S/C17H19NO3/c1-18(10-16(19)12-5-6-12)17(20)14-4-2-3-13(9-14)15-7-8-21-11-15/h2-4,7-9,11-12,16,19H,5-6,10H2,1H3. The van der Waals surface area contributed by atoms with E-state index in [2.05, 4.69) is 0 Å². The Kier molecular flexibility index (Phi) is 3.80. The van der Waals surface area contributed by atoms with Crippen molar-refractivity contribution in [3.63, 3.8) is 0 Å². The first-order valence-corrected chi connectivity index (χ1v) is 7.21. The van der Waals surface area contributed by atoms with Gasteiger partial charge in [0.2, 0.25) is 0 Å². The highest BCUT2D eigenvalue weighted by molar-refractivity contribution is 5.95. The van der Waals surface area contributed by atoms with Gasteiger partial charge in [-0.25, -0.2) is 0 Å². The van der Waals surface area contributed by atoms with Crippen LogP contribution in [0.5, 0.6) is 0 Å². The number of amides is 1. The molecule has 2 aromatic rings. The van der Waals surface area contributed by atoms with E-state index in [1.165, 1.54) is 0 Å². The smallest absolute Gasteiger partial charge is 0.253 e. The van der Waals surface area contributed by atoms with E-state index < -0.39 is 6.10 Å². The lowest BCUT2D eigenvalue weighted by Gasteiger charge is -2.21. The Bertz CT molecular complexity index is 617. The van der Waals surface area contributed by atoms with Crippen LogP contribution in [0.15, 0.2) is 47.3 Å². The average Bonchev–Trinajstić information content (AvgIpc) is 3.21. The predicted molar refractivity (Wildman–Crippen MR) is 79.8 cm³/mol. The number of aliphatic hydroxyl groups is 1. The van der Waals surface area contributed by atoms with Crippen molar-refractivity contribution < 1.29 is 14.3 Å². The number of hydrogen-bond acceptors (Lipinski definition) is 3. The first kappa shape index (κ1) is 13.9. The highest BCUT2D eigenvalue weighted by Crippen LogP contribution is 2.32. The molecule has 0 spiro atoms. The molecule has 1 saturated carbocycles. The van der Waals surface area contributed by atoms with Crippen LogP contribution in [0.1, 0.15) is 23.2 Å². The van der Waals surface area contributed by atoms with Crippen molar-refractivity contribution >= 4 is 5.91 Å². The van der Waals surface area contributed by atoms with Crippen LogP contribution >= 0.6 is 0 Å². The fraction of sp³-hybridized carbons (Fsp3) is 0.353. The van der Waals surface area contributed by atoms with Gasteiger partial charge in [-0.05, 0) is 42.5 Å². The van der Waals surface area contributed by atoms with Crippen LogP contribution in [0, 0.1) is 5.92 Å². The number of furan rings is 1. The third kappa shape index (κ3) is 3.16. The van der Waals surface area contributed by atoms with Crippen molar-refractivity contribution in [2.75, 3.05) is 13.6 Å². The lowest BCUT2D eigenvalue weighted by molar-refractivity contribution is 0.0645. The number of rotatable bonds is 5. The molecule has 3 rings (SSSR count). The monoisotopic (exact) mass is 285 g/mol. The van der Waals surface area contributed by atoms with Gasteiger partial charge in [-0.15, -0.1) is 0 Å². The van der Waals surface area contributed by atoms with Crippen LogP contribution in [0.2, 0.25) is 0 Å². The van der Waals surface area contributed by atoms with E-state index in [9.17, 15) is 9.90 Å². The van der Waals surface area contributed by atoms with Gasteiger partial charge in [0.25, 0.3) is 5.91 Å². The molecule has 1 aliphatic rings. The lowest BCUT2D eigenvalue weighted by atomic mass is 10.1. The molecule has 0 aliphatic heterocycles. The number of nitrogens with zero attached hydrogens (tertiary/aromatic N) is 1. The molecule has 1 aliphatic carbocycles. The van der Waals surface area contributed by atoms with Gasteiger partial charge >= 0.3 is 0 Å². The fourth-order valence-electron chi connectivity index (χ4n) is 2.47. The van der Waals surface area contributed by atoms with Crippen molar-refractivity contribution in [1.82, 2.24) is 4.90 Å². The second kappa shape index (κ2) is 5.74. The second-order valence-electron chi connectivity index (χ2n) is 5.68. The van der Waals surface area contributed by atoms with Crippen LogP contribution in [-0.4, -0.2) is 35.6 Å². The molecular formula is C17H19NO3. The van der Waals surface area contributed by atoms with Gasteiger partial charge in [0.1, 0.15) is 0 Å². The van der Waals surface area contributed by atoms with Crippen LogP contribution in [-0.2, 0) is 0 Å². The molecule has 1 aromatic heterocycles. The largest absolute Gasteiger partial charge is 0.472 e. The van der Waals surface area contributed by atoms with E-state index in [4.69, 9.17) is 4.42 Å². The number of carbonyl (C=O) groups is 1. The normalized spacial score (nSPS) is 15.7. The van der Waals surface area contributed by atoms with Gasteiger partial charge in [-0.1, -0.05) is 12.1 Å². The summed E-state index contributed by atoms with van der Waals surface area (Å²) in [5.41, 5.74) is 2.52. The van der Waals surface area contributed by atoms with Crippen LogP contribution < -0.4 is 0 Å². The zero-order valence-electron chi connectivity index (χ0n) is 12.0. The maximum absolute atomic E-state index is 12.4. The summed E-state index contributed by atoms with van der Waals surface area (Å²) in [4.78, 5) is 14.0. The van der Waals surface area contributed by atoms with Crippen molar-refractivity contribution in [2.45, 2.75) is 18.9 Å². The molecule has 4 heteroatoms. The number of hydrogen-bond donors (Lipinski definition) is 1. The summed E-state index contributed by atoms with van der Waals surface area (Å²) in [7, 11) is 1.73. The lowest BCUT2D eigenvalue weighted by Crippen LogP contribution is -2.35. The second-order valence-corrected chi connectivity index (χ2v) is 5.68. The molecule has 1 unspecified atom stereocenters. The zero-order chi connectivity index (χ0) is 14.8. The first-order valence-electron chi connectivity index (χ1n) is 7.21. The Morgan fingerprint density at radius 1 is 1.38 bits per heavy atom. The summed E-state index contributed by atoms with van der Waals surface area (Å²) in [6, 6.07) is 9.32. The van der Waals surface area contributed by atoms with E-state index in [1.807, 2.05) is 24.3 Å². The highest BCUT2D eigenvalue weighted by atomic mass is 16.3. The van der Waals surface area contributed by atoms with Crippen molar-refractivity contribution in [2.24, 2.45) is 5.92 Å². The minimum Gasteiger partial charge on any atom is -0.472 e. The molecule has 1 fully saturated rings. The molecule has 0 bridgehead atoms. The average molecular weight is 285 g/mol. The van der Waals surface area contributed by atoms with E-state index in [0.717, 1.165) is 24.0 Å². The van der Waals surface area contributed by atoms with E-state index >= 15 is 0 Å². The van der Waals surface area contributed by atoms with E-state index in [1.54, 1.807) is 30.5 Å². The van der Waals surface area contributed by atoms with Crippen LogP contribution in [0.4, 0.5) is 0 Å². The van der Waals surface area contributed by atoms with E-state index in [0.29, 0.717) is 18.0 Å². The molecule has 0 radical (unpaired) electrons. The molecular weight excluding hydrogens is 266 g/mol. The minimum absolute atomic E-state index is 0.0694. The van der Waals surface area contributed by atoms with Gasteiger partial charge in [-0.3, -0.25) is 4.79 Å². The maximum atomic E-state index is 12.4. The van der Waals surface area contributed by atoms with Crippen LogP contribution in [0.25, 0.3) is 11.1 Å². The number of aliphatic hydroxyl groups excluding tert-OH is 1. The minimum atomic E-state index is -0.406. The Morgan fingerprint density at radius 2 is 2.19 bits per heavy atom. The number of benzene rings is 1. The SMILES string of the molecule is CN(CC(O)C1CC1)C(=O)c1cccc(-c2ccoc2)c1. The summed E-state index contributed by atoms with van der Waals surface area (Å²) in [5.74, 6) is 0.303. The summed E-state index contributed by atoms with van der Waals surface area (Å²) >= 11 is 0. The summed E-state index contributed by atoms with van der Waals surface area (Å²) in [5, 5.41) is 9.95. The molecule has 0 saturated heterocycles. The van der Waals surface area contributed by atoms with Gasteiger partial charge in [0.05, 0.1) is 18.6 Å². The Morgan fingerprint density at radius 3 is 2.86 bits per heavy atom. The van der Waals surface area contributed by atoms with Gasteiger partial charge in [0.15, 0.2) is 0 Å². The van der Waals surface area contributed by atoms with Gasteiger partial charge in [-0.2, -0.15) is 0 Å². The molecule has 4 nitrogen and oxygen atoms in total. The third-order valence-electron chi connectivity index (χ3n) is 3.94. The molecule has 1 amide bonds. The Hall–Kier alpha value is -2.07. The number of carbonyl (C=O) groups excluding carboxylic acids is 1. The quantitative estimate of drug-likeness (QED) is 0.919. The first-order chi connectivity index (χ1) is 10.1. The Labute approximate surface area is 124 Å². The van der Waals surface area contributed by atoms with Crippen molar-refractivity contribution in [3.05, 3.63) is 48.4 Å². The maximum Gasteiger partial charge on any atom is 0.253 e. The van der Waals surface area contributed by atoms with Crippen LogP contribution in [0.3, 0.4) is 0 Å². The summed E-state index contributed by atoms with van der Waals surface area (Å²) in [6.07, 6.45) is 5.00. The molecule has 1 N–H and O–H groups in total. The van der Waals surface area contributed by atoms with Gasteiger partial charge < -0.3 is 14.4 Å². The predicted octanol–water partition coefficient (Wildman–Crippen LogP) is 2.79. The van der Waals surface area contributed by atoms with Crippen molar-refractivity contribution in [3.8, 4) is 11.1 Å². The highest BCUT2D eigenvalue weighted by Gasteiger charge is 2.31. The summed E-state index contributed by atoms with van der Waals surface area (Å²) < 4.78 is 5.07. The van der Waals surface area contributed by atoms with Crippen molar-refractivity contribution in [1.29, 1.82) is 0 Å². The zero-order valence-corrected chi connectivity index (χ0v) is 12.0. The fourth-order valence-corrected chi connectivity index (χ4v) is 2.47. The third-order valence-corrected chi connectivity index (χ3v) is 3.94.